The molecule has 0 unspecified atom stereocenters. The number of aliphatic hydroxyl groups excluding tert-OH is 3. The molecule has 4 rings (SSSR count). The zero-order valence-electron chi connectivity index (χ0n) is 46.2. The van der Waals surface area contributed by atoms with Crippen molar-refractivity contribution in [2.75, 3.05) is 19.8 Å². The number of amides is 9. The van der Waals surface area contributed by atoms with E-state index in [0.717, 1.165) is 34.0 Å². The molecule has 27 heteroatoms. The highest BCUT2D eigenvalue weighted by molar-refractivity contribution is 7.14. The van der Waals surface area contributed by atoms with E-state index in [1.54, 1.807) is 83.1 Å². The van der Waals surface area contributed by atoms with Gasteiger partial charge < -0.3 is 63.2 Å². The van der Waals surface area contributed by atoms with Gasteiger partial charge in [-0.3, -0.25) is 43.2 Å². The summed E-state index contributed by atoms with van der Waals surface area (Å²) in [5.74, 6) is -9.11. The molecule has 432 valence electrons. The Hall–Kier alpha value is -6.00. The largest absolute Gasteiger partial charge is 0.394 e. The molecule has 24 nitrogen and oxygen atoms in total. The monoisotopic (exact) mass is 1150 g/mol. The van der Waals surface area contributed by atoms with E-state index in [2.05, 4.69) is 62.8 Å². The molecule has 3 aromatic rings. The van der Waals surface area contributed by atoms with Crippen LogP contribution in [0.1, 0.15) is 165 Å². The van der Waals surface area contributed by atoms with Crippen molar-refractivity contribution in [2.24, 2.45) is 35.5 Å². The Bertz CT molecular complexity index is 2300. The van der Waals surface area contributed by atoms with Crippen molar-refractivity contribution < 1.29 is 58.5 Å². The summed E-state index contributed by atoms with van der Waals surface area (Å²) in [6.45, 7) is 18.8. The predicted molar refractivity (Wildman–Crippen MR) is 293 cm³/mol. The van der Waals surface area contributed by atoms with Gasteiger partial charge in [-0.2, -0.15) is 0 Å². The Morgan fingerprint density at radius 1 is 0.372 bits per heavy atom. The maximum Gasteiger partial charge on any atom is 0.263 e. The summed E-state index contributed by atoms with van der Waals surface area (Å²) in [4.78, 5) is 138. The van der Waals surface area contributed by atoms with Crippen LogP contribution in [-0.4, -0.2) is 140 Å². The van der Waals surface area contributed by atoms with Crippen molar-refractivity contribution in [3.05, 3.63) is 48.2 Å². The van der Waals surface area contributed by atoms with Crippen LogP contribution in [0.15, 0.2) is 18.6 Å². The molecule has 0 fully saturated rings. The topological polar surface area (TPSA) is 361 Å². The summed E-state index contributed by atoms with van der Waals surface area (Å²) < 4.78 is 0. The minimum atomic E-state index is -1.49. The van der Waals surface area contributed by atoms with E-state index >= 15 is 0 Å². The Balaban J connectivity index is 1.75. The first-order valence-electron chi connectivity index (χ1n) is 26.3. The summed E-state index contributed by atoms with van der Waals surface area (Å²) in [5, 5.41) is 56.5. The van der Waals surface area contributed by atoms with Crippen LogP contribution in [0.2, 0.25) is 0 Å². The zero-order valence-corrected chi connectivity index (χ0v) is 48.7. The van der Waals surface area contributed by atoms with E-state index in [1.807, 2.05) is 0 Å². The van der Waals surface area contributed by atoms with Gasteiger partial charge in [0.15, 0.2) is 0 Å². The quantitative estimate of drug-likeness (QED) is 0.123. The van der Waals surface area contributed by atoms with E-state index in [1.165, 1.54) is 18.6 Å². The molecule has 9 amide bonds. The number of rotatable bonds is 12. The van der Waals surface area contributed by atoms with Crippen LogP contribution in [0.5, 0.6) is 0 Å². The molecule has 1 aliphatic heterocycles. The maximum absolute atomic E-state index is 14.0. The van der Waals surface area contributed by atoms with Gasteiger partial charge in [-0.05, 0) is 35.5 Å². The molecule has 78 heavy (non-hydrogen) atoms. The van der Waals surface area contributed by atoms with Crippen LogP contribution < -0.4 is 47.9 Å². The van der Waals surface area contributed by atoms with Gasteiger partial charge >= 0.3 is 0 Å². The Morgan fingerprint density at radius 2 is 0.603 bits per heavy atom. The number of nitrogens with zero attached hydrogens (tertiary/aromatic N) is 3. The van der Waals surface area contributed by atoms with E-state index in [-0.39, 0.29) is 32.4 Å². The molecule has 1 aliphatic rings. The average molecular weight is 1150 g/mol. The van der Waals surface area contributed by atoms with Crippen molar-refractivity contribution in [1.82, 2.24) is 62.8 Å². The minimum absolute atomic E-state index is 0.0765. The van der Waals surface area contributed by atoms with Gasteiger partial charge in [0.05, 0.1) is 56.5 Å². The minimum Gasteiger partial charge on any atom is -0.394 e. The van der Waals surface area contributed by atoms with Gasteiger partial charge in [0.1, 0.15) is 65.9 Å². The molecule has 6 bridgehead atoms. The summed E-state index contributed by atoms with van der Waals surface area (Å²) in [6.07, 6.45) is 5.10. The predicted octanol–water partition coefficient (Wildman–Crippen LogP) is 1.77. The molecule has 0 saturated heterocycles. The number of aromatic nitrogens is 3. The highest BCUT2D eigenvalue weighted by Crippen LogP contribution is 2.30. The molecule has 0 aromatic carbocycles. The molecular weight excluding hydrogens is 1070 g/mol. The molecule has 3 aromatic heterocycles. The number of nitrogens with one attached hydrogen (secondary N) is 9. The summed E-state index contributed by atoms with van der Waals surface area (Å²) in [7, 11) is 0. The van der Waals surface area contributed by atoms with Gasteiger partial charge in [0.2, 0.25) is 35.4 Å². The van der Waals surface area contributed by atoms with E-state index in [0.29, 0.717) is 34.3 Å². The summed E-state index contributed by atoms with van der Waals surface area (Å²) >= 11 is 2.82. The standard InChI is InChI=1S/C51H78N12O12S3/c1-13-25(10)37-46(73)55-28(19-64)40(67)58-35(23(6)7)50-53-17-32(77-50)44(71)62-39(27(12)15-3)48(75)57-30(21-66)42(69)60-36(24(8)9)51-54-18-33(78-51)45(72)63-38(26(11)14-2)47(74)56-29(20-65)41(68)59-34(22(4)5)49-52-16-31(76-49)43(70)61-37/h16-18,22-30,34-39,64-66H,13-15,19-21H2,1-12H3,(H,55,73)(H,56,74)(H,57,75)(H,58,67)(H,59,68)(H,60,69)(H,61,70)(H,62,71)(H,63,72)/t25-,26-,27-,28-,29-,30-,34+,35+,36+,37-,38-,39-/m0/s1. The number of carbonyl (C=O) groups is 9. The third-order valence-electron chi connectivity index (χ3n) is 13.7. The SMILES string of the molecule is CC[C@H](C)[C@@H]1NC(=O)c2cnc(s2)[C@@H](C(C)C)NC(=O)[C@H](CO)NC(=O)[C@H]([C@@H](C)CC)NC(=O)c2cnc(s2)[C@@H](C(C)C)NC(=O)[C@H](CO)NC(=O)[C@H]([C@@H](C)CC)NC(=O)c2cnc(s2)[C@@H](C(C)C)NC(=O)[C@H](CO)NC1=O. The molecule has 0 aliphatic carbocycles. The van der Waals surface area contributed by atoms with E-state index in [9.17, 15) is 58.5 Å². The smallest absolute Gasteiger partial charge is 0.263 e. The second kappa shape index (κ2) is 29.8. The van der Waals surface area contributed by atoms with Crippen LogP contribution in [-0.2, 0) is 28.8 Å². The highest BCUT2D eigenvalue weighted by atomic mass is 32.1. The van der Waals surface area contributed by atoms with Crippen LogP contribution in [0.25, 0.3) is 0 Å². The van der Waals surface area contributed by atoms with Crippen LogP contribution in [0.3, 0.4) is 0 Å². The number of thiazole rings is 3. The van der Waals surface area contributed by atoms with Crippen molar-refractivity contribution in [3.8, 4) is 0 Å². The molecule has 0 radical (unpaired) electrons. The number of hydrogen-bond donors (Lipinski definition) is 12. The molecule has 0 saturated carbocycles. The number of fused-ring (bicyclic) bond motifs is 6. The first kappa shape index (κ1) is 64.5. The van der Waals surface area contributed by atoms with Gasteiger partial charge in [-0.25, -0.2) is 15.0 Å². The Kier molecular flexibility index (Phi) is 24.7. The third kappa shape index (κ3) is 16.8. The molecule has 0 spiro atoms. The molecule has 12 N–H and O–H groups in total. The van der Waals surface area contributed by atoms with Crippen molar-refractivity contribution >= 4 is 87.2 Å². The highest BCUT2D eigenvalue weighted by Gasteiger charge is 2.37. The molecular formula is C51H78N12O12S3. The first-order valence-corrected chi connectivity index (χ1v) is 28.7. The fourth-order valence-electron chi connectivity index (χ4n) is 8.02. The summed E-state index contributed by atoms with van der Waals surface area (Å²) in [6, 6.07) is -10.5. The lowest BCUT2D eigenvalue weighted by atomic mass is 9.97. The van der Waals surface area contributed by atoms with Gasteiger partial charge in [-0.15, -0.1) is 34.0 Å². The second-order valence-electron chi connectivity index (χ2n) is 20.6. The molecule has 12 atom stereocenters. The lowest BCUT2D eigenvalue weighted by Crippen LogP contribution is -2.57. The summed E-state index contributed by atoms with van der Waals surface area (Å²) in [5.41, 5.74) is 0. The lowest BCUT2D eigenvalue weighted by molar-refractivity contribution is -0.132. The normalized spacial score (nSPS) is 25.6. The van der Waals surface area contributed by atoms with E-state index in [4.69, 9.17) is 0 Å². The molecule has 4 heterocycles. The van der Waals surface area contributed by atoms with Gasteiger partial charge in [0, 0.05) is 0 Å². The van der Waals surface area contributed by atoms with Crippen molar-refractivity contribution in [2.45, 2.75) is 157 Å². The third-order valence-corrected chi connectivity index (χ3v) is 17.0. The maximum atomic E-state index is 14.0. The van der Waals surface area contributed by atoms with Crippen LogP contribution in [0.4, 0.5) is 0 Å². The van der Waals surface area contributed by atoms with Crippen molar-refractivity contribution in [3.63, 3.8) is 0 Å². The zero-order chi connectivity index (χ0) is 58.3. The van der Waals surface area contributed by atoms with Crippen molar-refractivity contribution in [1.29, 1.82) is 0 Å². The second-order valence-corrected chi connectivity index (χ2v) is 23.8. The fourth-order valence-corrected chi connectivity index (χ4v) is 11.2. The first-order chi connectivity index (χ1) is 36.8. The Morgan fingerprint density at radius 3 is 0.795 bits per heavy atom. The van der Waals surface area contributed by atoms with Crippen LogP contribution in [0, 0.1) is 35.5 Å². The number of aliphatic hydroxyl groups is 3. The number of carbonyl (C=O) groups excluding carboxylic acids is 9. The average Bonchev–Trinajstić information content (AvgIpc) is 4.24. The van der Waals surface area contributed by atoms with Gasteiger partial charge in [0.25, 0.3) is 17.7 Å². The lowest BCUT2D eigenvalue weighted by Gasteiger charge is -2.27. The fraction of sp³-hybridized carbons (Fsp3) is 0.647. The van der Waals surface area contributed by atoms with E-state index < -0.39 is 145 Å². The van der Waals surface area contributed by atoms with Crippen LogP contribution >= 0.6 is 34.0 Å². The van der Waals surface area contributed by atoms with Gasteiger partial charge in [-0.1, -0.05) is 102 Å². The Labute approximate surface area is 466 Å². The number of hydrogen-bond acceptors (Lipinski definition) is 18.